The Hall–Kier alpha value is -0.650. The lowest BCUT2D eigenvalue weighted by molar-refractivity contribution is 0.199. The highest BCUT2D eigenvalue weighted by molar-refractivity contribution is 9.10. The Morgan fingerprint density at radius 3 is 2.93 bits per heavy atom. The van der Waals surface area contributed by atoms with Crippen LogP contribution in [0.3, 0.4) is 0 Å². The molecule has 2 N–H and O–H groups in total. The minimum Gasteiger partial charge on any atom is -0.428 e. The van der Waals surface area contributed by atoms with Crippen molar-refractivity contribution in [1.82, 2.24) is 4.98 Å². The lowest BCUT2D eigenvalue weighted by Gasteiger charge is -2.04. The molecule has 0 fully saturated rings. The molecule has 0 saturated carbocycles. The van der Waals surface area contributed by atoms with Gasteiger partial charge in [-0.2, -0.15) is 0 Å². The lowest BCUT2D eigenvalue weighted by atomic mass is 10.1. The second-order valence-corrected chi connectivity index (χ2v) is 4.30. The average Bonchev–Trinajstić information content (AvgIpc) is 2.45. The highest BCUT2D eigenvalue weighted by Crippen LogP contribution is 2.28. The molecule has 0 aliphatic carbocycles. The summed E-state index contributed by atoms with van der Waals surface area (Å²) in [5, 5.41) is 9.42. The number of aromatic nitrogens is 1. The van der Waals surface area contributed by atoms with Crippen LogP contribution in [0.2, 0.25) is 0 Å². The zero-order valence-electron chi connectivity index (χ0n) is 7.37. The van der Waals surface area contributed by atoms with Gasteiger partial charge in [0.25, 0.3) is 4.84 Å². The first kappa shape index (κ1) is 9.89. The van der Waals surface area contributed by atoms with E-state index < -0.39 is 6.10 Å². The molecule has 0 aliphatic heterocycles. The van der Waals surface area contributed by atoms with Crippen molar-refractivity contribution >= 4 is 39.2 Å². The first-order valence-corrected chi connectivity index (χ1v) is 5.28. The Bertz CT molecular complexity index is 529. The molecule has 1 atom stereocenters. The van der Waals surface area contributed by atoms with Crippen LogP contribution in [0.15, 0.2) is 21.0 Å². The van der Waals surface area contributed by atoms with Crippen LogP contribution in [-0.2, 0) is 0 Å². The van der Waals surface area contributed by atoms with E-state index in [4.69, 9.17) is 16.6 Å². The van der Waals surface area contributed by atoms with Crippen molar-refractivity contribution in [3.8, 4) is 0 Å². The number of halogens is 1. The number of H-pyrrole nitrogens is 1. The third-order valence-electron chi connectivity index (χ3n) is 1.98. The minimum atomic E-state index is -0.507. The molecule has 1 aromatic carbocycles. The van der Waals surface area contributed by atoms with Gasteiger partial charge in [0.1, 0.15) is 0 Å². The van der Waals surface area contributed by atoms with E-state index in [1.54, 1.807) is 6.92 Å². The summed E-state index contributed by atoms with van der Waals surface area (Å²) in [5.41, 5.74) is 2.29. The Morgan fingerprint density at radius 1 is 1.57 bits per heavy atom. The van der Waals surface area contributed by atoms with Crippen molar-refractivity contribution < 1.29 is 9.52 Å². The van der Waals surface area contributed by atoms with Gasteiger partial charge in [0.05, 0.1) is 16.1 Å². The van der Waals surface area contributed by atoms with E-state index in [9.17, 15) is 5.11 Å². The van der Waals surface area contributed by atoms with Crippen LogP contribution in [0.5, 0.6) is 0 Å². The first-order valence-electron chi connectivity index (χ1n) is 4.08. The summed E-state index contributed by atoms with van der Waals surface area (Å²) in [6, 6.07) is 3.64. The van der Waals surface area contributed by atoms with Gasteiger partial charge >= 0.3 is 0 Å². The van der Waals surface area contributed by atoms with Gasteiger partial charge in [-0.1, -0.05) is 0 Å². The summed E-state index contributed by atoms with van der Waals surface area (Å²) in [6.07, 6.45) is -0.507. The number of hydrogen-bond acceptors (Lipinski definition) is 3. The summed E-state index contributed by atoms with van der Waals surface area (Å²) in [5.74, 6) is 0. The van der Waals surface area contributed by atoms with Gasteiger partial charge in [-0.25, -0.2) is 0 Å². The van der Waals surface area contributed by atoms with Crippen LogP contribution >= 0.6 is 28.1 Å². The van der Waals surface area contributed by atoms with E-state index in [0.717, 1.165) is 15.6 Å². The third-order valence-corrected chi connectivity index (χ3v) is 2.75. The molecule has 74 valence electrons. The standard InChI is InChI=1S/C9H8BrNO2S/c1-4(12)5-2-6(10)8-7(3-5)11-9(14)13-8/h2-4,12H,1H3,(H,11,14). The lowest BCUT2D eigenvalue weighted by Crippen LogP contribution is -1.90. The maximum Gasteiger partial charge on any atom is 0.266 e. The van der Waals surface area contributed by atoms with E-state index >= 15 is 0 Å². The van der Waals surface area contributed by atoms with Crippen LogP contribution in [0.1, 0.15) is 18.6 Å². The van der Waals surface area contributed by atoms with Gasteiger partial charge in [-0.05, 0) is 52.8 Å². The Morgan fingerprint density at radius 2 is 2.29 bits per heavy atom. The van der Waals surface area contributed by atoms with Crippen LogP contribution < -0.4 is 0 Å². The maximum atomic E-state index is 9.42. The molecular weight excluding hydrogens is 266 g/mol. The molecule has 0 radical (unpaired) electrons. The molecule has 5 heteroatoms. The Labute approximate surface area is 93.9 Å². The monoisotopic (exact) mass is 273 g/mol. The molecule has 0 bridgehead atoms. The molecular formula is C9H8BrNO2S. The number of rotatable bonds is 1. The first-order chi connectivity index (χ1) is 6.58. The largest absolute Gasteiger partial charge is 0.428 e. The average molecular weight is 274 g/mol. The zero-order valence-corrected chi connectivity index (χ0v) is 9.78. The molecule has 0 amide bonds. The highest BCUT2D eigenvalue weighted by atomic mass is 79.9. The quantitative estimate of drug-likeness (QED) is 0.784. The summed E-state index contributed by atoms with van der Waals surface area (Å²) < 4.78 is 6.05. The van der Waals surface area contributed by atoms with Gasteiger partial charge in [-0.3, -0.25) is 0 Å². The number of oxazole rings is 1. The number of nitrogens with one attached hydrogen (secondary N) is 1. The van der Waals surface area contributed by atoms with Gasteiger partial charge in [0.2, 0.25) is 0 Å². The van der Waals surface area contributed by atoms with Crippen LogP contribution in [0.4, 0.5) is 0 Å². The molecule has 0 saturated heterocycles. The van der Waals surface area contributed by atoms with Crippen molar-refractivity contribution in [1.29, 1.82) is 0 Å². The van der Waals surface area contributed by atoms with Gasteiger partial charge in [-0.15, -0.1) is 0 Å². The number of aromatic amines is 1. The topological polar surface area (TPSA) is 49.2 Å². The fraction of sp³-hybridized carbons (Fsp3) is 0.222. The molecule has 1 aromatic heterocycles. The molecule has 14 heavy (non-hydrogen) atoms. The smallest absolute Gasteiger partial charge is 0.266 e. The van der Waals surface area contributed by atoms with Gasteiger partial charge in [0.15, 0.2) is 5.58 Å². The number of benzene rings is 1. The van der Waals surface area contributed by atoms with Crippen LogP contribution in [-0.4, -0.2) is 10.1 Å². The number of aliphatic hydroxyl groups is 1. The second kappa shape index (κ2) is 3.49. The summed E-state index contributed by atoms with van der Waals surface area (Å²) in [7, 11) is 0. The molecule has 0 spiro atoms. The molecule has 1 heterocycles. The molecule has 0 aliphatic rings. The number of aliphatic hydroxyl groups excluding tert-OH is 1. The summed E-state index contributed by atoms with van der Waals surface area (Å²) in [4.78, 5) is 3.24. The van der Waals surface area contributed by atoms with Crippen molar-refractivity contribution in [2.24, 2.45) is 0 Å². The SMILES string of the molecule is CC(O)c1cc(Br)c2oc(=S)[nH]c2c1. The molecule has 3 nitrogen and oxygen atoms in total. The normalized spacial score (nSPS) is 13.4. The van der Waals surface area contributed by atoms with Crippen molar-refractivity contribution in [3.05, 3.63) is 27.0 Å². The Balaban J connectivity index is 2.77. The van der Waals surface area contributed by atoms with E-state index in [0.29, 0.717) is 10.4 Å². The predicted molar refractivity (Wildman–Crippen MR) is 59.7 cm³/mol. The predicted octanol–water partition coefficient (Wildman–Crippen LogP) is 3.31. The van der Waals surface area contributed by atoms with Crippen molar-refractivity contribution in [2.75, 3.05) is 0 Å². The maximum absolute atomic E-state index is 9.42. The number of hydrogen-bond donors (Lipinski definition) is 2. The van der Waals surface area contributed by atoms with Crippen LogP contribution in [0, 0.1) is 4.84 Å². The fourth-order valence-corrected chi connectivity index (χ4v) is 2.03. The Kier molecular flexibility index (Phi) is 2.47. The molecule has 2 rings (SSSR count). The zero-order chi connectivity index (χ0) is 10.3. The van der Waals surface area contributed by atoms with E-state index in [2.05, 4.69) is 20.9 Å². The minimum absolute atomic E-state index is 0.337. The second-order valence-electron chi connectivity index (χ2n) is 3.07. The fourth-order valence-electron chi connectivity index (χ4n) is 1.28. The van der Waals surface area contributed by atoms with Crippen LogP contribution in [0.25, 0.3) is 11.1 Å². The van der Waals surface area contributed by atoms with E-state index in [1.165, 1.54) is 0 Å². The molecule has 2 aromatic rings. The third kappa shape index (κ3) is 1.63. The molecule has 1 unspecified atom stereocenters. The summed E-state index contributed by atoms with van der Waals surface area (Å²) >= 11 is 8.23. The number of fused-ring (bicyclic) bond motifs is 1. The van der Waals surface area contributed by atoms with E-state index in [-0.39, 0.29) is 0 Å². The van der Waals surface area contributed by atoms with Crippen molar-refractivity contribution in [2.45, 2.75) is 13.0 Å². The van der Waals surface area contributed by atoms with Crippen molar-refractivity contribution in [3.63, 3.8) is 0 Å². The highest BCUT2D eigenvalue weighted by Gasteiger charge is 2.09. The van der Waals surface area contributed by atoms with Gasteiger partial charge < -0.3 is 14.5 Å². The van der Waals surface area contributed by atoms with Gasteiger partial charge in [0, 0.05) is 0 Å². The van der Waals surface area contributed by atoms with E-state index in [1.807, 2.05) is 12.1 Å². The summed E-state index contributed by atoms with van der Waals surface area (Å²) in [6.45, 7) is 1.71.